The van der Waals surface area contributed by atoms with Crippen molar-refractivity contribution in [2.24, 2.45) is 0 Å². The molecule has 0 aliphatic rings. The minimum absolute atomic E-state index is 0.182. The molecule has 1 amide bonds. The Morgan fingerprint density at radius 1 is 1.06 bits per heavy atom. The molecule has 1 atom stereocenters. The summed E-state index contributed by atoms with van der Waals surface area (Å²) in [5, 5.41) is 13.3. The predicted molar refractivity (Wildman–Crippen MR) is 125 cm³/mol. The Kier molecular flexibility index (Phi) is 9.04. The fourth-order valence-electron chi connectivity index (χ4n) is 2.85. The number of amides is 1. The van der Waals surface area contributed by atoms with Crippen LogP contribution in [0.2, 0.25) is 0 Å². The molecule has 31 heavy (non-hydrogen) atoms. The first-order valence-corrected chi connectivity index (χ1v) is 12.7. The molecule has 0 aromatic heterocycles. The van der Waals surface area contributed by atoms with E-state index in [9.17, 15) is 18.3 Å². The van der Waals surface area contributed by atoms with Crippen molar-refractivity contribution in [3.8, 4) is 5.75 Å². The lowest BCUT2D eigenvalue weighted by atomic mass is 9.79. The summed E-state index contributed by atoms with van der Waals surface area (Å²) in [6.45, 7) is 15.7. The van der Waals surface area contributed by atoms with Crippen molar-refractivity contribution >= 4 is 27.8 Å². The lowest BCUT2D eigenvalue weighted by molar-refractivity contribution is -0.128. The summed E-state index contributed by atoms with van der Waals surface area (Å²) in [4.78, 5) is 12.2. The number of carbonyl (C=O) groups excluding carboxylic acids is 1. The van der Waals surface area contributed by atoms with Crippen molar-refractivity contribution in [1.82, 2.24) is 5.32 Å². The number of thioether (sulfide) groups is 1. The summed E-state index contributed by atoms with van der Waals surface area (Å²) >= 11 is 1.48. The molecule has 0 spiro atoms. The first-order valence-electron chi connectivity index (χ1n) is 10.3. The molecule has 1 rings (SSSR count). The molecule has 0 bridgehead atoms. The second kappa shape index (κ2) is 10.1. The van der Waals surface area contributed by atoms with Crippen molar-refractivity contribution < 1.29 is 27.6 Å². The van der Waals surface area contributed by atoms with Gasteiger partial charge in [0.1, 0.15) is 17.3 Å². The van der Waals surface area contributed by atoms with E-state index in [4.69, 9.17) is 9.29 Å². The van der Waals surface area contributed by atoms with Crippen LogP contribution in [0.25, 0.3) is 0 Å². The Morgan fingerprint density at radius 2 is 1.55 bits per heavy atom. The smallest absolute Gasteiger partial charge is 0.266 e. The van der Waals surface area contributed by atoms with E-state index >= 15 is 0 Å². The van der Waals surface area contributed by atoms with Crippen LogP contribution >= 0.6 is 11.8 Å². The lowest BCUT2D eigenvalue weighted by Gasteiger charge is -2.31. The monoisotopic (exact) mass is 475 g/mol. The molecular weight excluding hydrogens is 438 g/mol. The van der Waals surface area contributed by atoms with E-state index in [-0.39, 0.29) is 24.0 Å². The maximum atomic E-state index is 12.0. The predicted octanol–water partition coefficient (Wildman–Crippen LogP) is 4.23. The molecule has 0 heterocycles. The van der Waals surface area contributed by atoms with Crippen LogP contribution in [0.15, 0.2) is 17.0 Å². The van der Waals surface area contributed by atoms with Crippen molar-refractivity contribution in [2.45, 2.75) is 82.5 Å². The highest BCUT2D eigenvalue weighted by atomic mass is 32.2. The summed E-state index contributed by atoms with van der Waals surface area (Å²) in [7, 11) is -4.12. The van der Waals surface area contributed by atoms with Crippen LogP contribution in [0, 0.1) is 0 Å². The van der Waals surface area contributed by atoms with Crippen LogP contribution in [-0.2, 0) is 30.5 Å². The number of rotatable bonds is 9. The van der Waals surface area contributed by atoms with Gasteiger partial charge in [-0.15, -0.1) is 0 Å². The van der Waals surface area contributed by atoms with Gasteiger partial charge in [-0.05, 0) is 36.3 Å². The number of benzene rings is 1. The molecule has 0 saturated carbocycles. The maximum Gasteiger partial charge on any atom is 0.266 e. The second-order valence-corrected chi connectivity index (χ2v) is 13.0. The fraction of sp³-hybridized carbons (Fsp3) is 0.682. The molecule has 0 saturated heterocycles. The number of ether oxygens (including phenoxy) is 1. The molecule has 7 nitrogen and oxygen atoms in total. The van der Waals surface area contributed by atoms with E-state index in [1.54, 1.807) is 0 Å². The van der Waals surface area contributed by atoms with E-state index in [0.717, 1.165) is 16.0 Å². The van der Waals surface area contributed by atoms with Crippen LogP contribution in [0.5, 0.6) is 5.75 Å². The summed E-state index contributed by atoms with van der Waals surface area (Å²) in [6, 6.07) is 3.94. The van der Waals surface area contributed by atoms with Gasteiger partial charge in [0.05, 0.1) is 5.75 Å². The Hall–Kier alpha value is -1.29. The van der Waals surface area contributed by atoms with Gasteiger partial charge in [0.2, 0.25) is 5.91 Å². The SMILES string of the molecule is CC[C@](C)(OCC(=O)NCCS(=O)(=O)O)Sc1cc(C(C)(C)C)c(O)c(C(C)(C)C)c1. The quantitative estimate of drug-likeness (QED) is 0.278. The molecule has 0 aliphatic heterocycles. The maximum absolute atomic E-state index is 12.0. The number of hydrogen-bond donors (Lipinski definition) is 3. The minimum atomic E-state index is -4.12. The Labute approximate surface area is 191 Å². The van der Waals surface area contributed by atoms with E-state index in [1.165, 1.54) is 11.8 Å². The highest BCUT2D eigenvalue weighted by Crippen LogP contribution is 2.45. The first-order chi connectivity index (χ1) is 13.9. The van der Waals surface area contributed by atoms with Gasteiger partial charge in [-0.25, -0.2) is 0 Å². The van der Waals surface area contributed by atoms with Gasteiger partial charge in [0.25, 0.3) is 10.1 Å². The van der Waals surface area contributed by atoms with Gasteiger partial charge in [-0.2, -0.15) is 8.42 Å². The molecule has 1 aromatic carbocycles. The van der Waals surface area contributed by atoms with Gasteiger partial charge >= 0.3 is 0 Å². The van der Waals surface area contributed by atoms with Crippen LogP contribution in [0.4, 0.5) is 0 Å². The number of nitrogens with one attached hydrogen (secondary N) is 1. The highest BCUT2D eigenvalue weighted by Gasteiger charge is 2.30. The van der Waals surface area contributed by atoms with Crippen molar-refractivity contribution in [3.63, 3.8) is 0 Å². The topological polar surface area (TPSA) is 113 Å². The molecule has 0 radical (unpaired) electrons. The third-order valence-corrected chi connectivity index (χ3v) is 6.90. The van der Waals surface area contributed by atoms with Gasteiger partial charge < -0.3 is 15.2 Å². The zero-order chi connectivity index (χ0) is 24.3. The number of phenolic OH excluding ortho intramolecular Hbond substituents is 1. The minimum Gasteiger partial charge on any atom is -0.507 e. The Balaban J connectivity index is 3.05. The average molecular weight is 476 g/mol. The van der Waals surface area contributed by atoms with Crippen molar-refractivity contribution in [1.29, 1.82) is 0 Å². The van der Waals surface area contributed by atoms with Crippen molar-refractivity contribution in [2.75, 3.05) is 18.9 Å². The fourth-order valence-corrected chi connectivity index (χ4v) is 4.33. The Bertz CT molecular complexity index is 849. The van der Waals surface area contributed by atoms with Gasteiger partial charge in [0, 0.05) is 22.6 Å². The largest absolute Gasteiger partial charge is 0.507 e. The average Bonchev–Trinajstić information content (AvgIpc) is 2.58. The van der Waals surface area contributed by atoms with E-state index in [1.807, 2.05) is 26.0 Å². The lowest BCUT2D eigenvalue weighted by Crippen LogP contribution is -2.35. The van der Waals surface area contributed by atoms with Gasteiger partial charge in [-0.3, -0.25) is 9.35 Å². The zero-order valence-electron chi connectivity index (χ0n) is 19.8. The molecule has 0 aliphatic carbocycles. The first kappa shape index (κ1) is 27.7. The van der Waals surface area contributed by atoms with Crippen molar-refractivity contribution in [3.05, 3.63) is 23.3 Å². The second-order valence-electron chi connectivity index (χ2n) is 9.88. The molecule has 178 valence electrons. The highest BCUT2D eigenvalue weighted by molar-refractivity contribution is 8.00. The van der Waals surface area contributed by atoms with E-state index < -0.39 is 26.7 Å². The van der Waals surface area contributed by atoms with Gasteiger partial charge in [-0.1, -0.05) is 60.2 Å². The third-order valence-electron chi connectivity index (χ3n) is 4.87. The van der Waals surface area contributed by atoms with Gasteiger partial charge in [0.15, 0.2) is 0 Å². The molecule has 1 aromatic rings. The standard InChI is InChI=1S/C22H37NO6S2/c1-9-22(8,29-14-18(24)23-10-11-31(26,27)28)30-15-12-16(20(2,3)4)19(25)17(13-15)21(5,6)7/h12-13,25H,9-11,14H2,1-8H3,(H,23,24)(H,26,27,28)/t22-/m1/s1. The van der Waals surface area contributed by atoms with Crippen LogP contribution in [0.1, 0.15) is 72.9 Å². The summed E-state index contributed by atoms with van der Waals surface area (Å²) in [5.41, 5.74) is 1.20. The molecule has 0 unspecified atom stereocenters. The summed E-state index contributed by atoms with van der Waals surface area (Å²) in [6.07, 6.45) is 0.618. The zero-order valence-corrected chi connectivity index (χ0v) is 21.5. The molecule has 3 N–H and O–H groups in total. The molecule has 9 heteroatoms. The van der Waals surface area contributed by atoms with Crippen LogP contribution < -0.4 is 5.32 Å². The molecule has 0 fully saturated rings. The number of hydrogen-bond acceptors (Lipinski definition) is 6. The molecular formula is C22H37NO6S2. The Morgan fingerprint density at radius 3 is 1.94 bits per heavy atom. The van der Waals surface area contributed by atoms with Crippen LogP contribution in [-0.4, -0.2) is 47.8 Å². The number of carbonyl (C=O) groups is 1. The summed E-state index contributed by atoms with van der Waals surface area (Å²) in [5.74, 6) is -0.695. The summed E-state index contributed by atoms with van der Waals surface area (Å²) < 4.78 is 36.1. The van der Waals surface area contributed by atoms with E-state index in [0.29, 0.717) is 12.2 Å². The third kappa shape index (κ3) is 9.00. The number of phenols is 1. The normalized spacial score (nSPS) is 14.9. The van der Waals surface area contributed by atoms with Crippen LogP contribution in [0.3, 0.4) is 0 Å². The van der Waals surface area contributed by atoms with E-state index in [2.05, 4.69) is 46.9 Å². The number of aromatic hydroxyl groups is 1.